The Morgan fingerprint density at radius 2 is 1.73 bits per heavy atom. The van der Waals surface area contributed by atoms with E-state index >= 15 is 0 Å². The molecule has 8 N–H and O–H groups in total. The number of hydrogen-bond donors (Lipinski definition) is 7. The molecule has 1 aliphatic carbocycles. The first kappa shape index (κ1) is 19.7. The summed E-state index contributed by atoms with van der Waals surface area (Å²) in [4.78, 5) is 12.2. The third kappa shape index (κ3) is 1.96. The lowest BCUT2D eigenvalue weighted by Crippen LogP contribution is -2.74. The summed E-state index contributed by atoms with van der Waals surface area (Å²) in [6, 6.07) is 0. The maximum Gasteiger partial charge on any atom is 0.213 e. The quantitative estimate of drug-likeness (QED) is 0.234. The van der Waals surface area contributed by atoms with Gasteiger partial charge in [-0.15, -0.1) is 0 Å². The molecule has 2 aromatic rings. The minimum absolute atomic E-state index is 0.0400. The fourth-order valence-electron chi connectivity index (χ4n) is 4.80. The van der Waals surface area contributed by atoms with E-state index in [1.807, 2.05) is 0 Å². The van der Waals surface area contributed by atoms with Crippen LogP contribution in [0.3, 0.4) is 0 Å². The molecule has 30 heavy (non-hydrogen) atoms. The highest BCUT2D eigenvalue weighted by atomic mass is 16.6. The normalized spacial score (nSPS) is 45.1. The monoisotopic (exact) mass is 423 g/mol. The predicted molar refractivity (Wildman–Crippen MR) is 96.5 cm³/mol. The molecule has 162 valence electrons. The highest BCUT2D eigenvalue weighted by Crippen LogP contribution is 2.61. The Bertz CT molecular complexity index is 1030. The van der Waals surface area contributed by atoms with Crippen molar-refractivity contribution in [1.29, 1.82) is 0 Å². The number of nitrogens with zero attached hydrogens (tertiary/aromatic N) is 4. The van der Waals surface area contributed by atoms with Crippen molar-refractivity contribution < 1.29 is 40.1 Å². The SMILES string of the molecule is Nc1ncnc2c1ncn2[C@]1(C23C=C[C@@]2(O)[C@H](O)[C@@H](CO)O3)O[C@H](CO)[C@@H](O)[C@H]1O. The number of hydrogen-bond acceptors (Lipinski definition) is 12. The largest absolute Gasteiger partial charge is 0.394 e. The van der Waals surface area contributed by atoms with Crippen LogP contribution in [0.1, 0.15) is 0 Å². The van der Waals surface area contributed by atoms with E-state index in [0.717, 1.165) is 6.33 Å². The predicted octanol–water partition coefficient (Wildman–Crippen LogP) is -4.03. The van der Waals surface area contributed by atoms with Crippen LogP contribution in [0.15, 0.2) is 24.8 Å². The van der Waals surface area contributed by atoms with Crippen LogP contribution < -0.4 is 5.73 Å². The Morgan fingerprint density at radius 1 is 1.00 bits per heavy atom. The molecule has 2 aliphatic heterocycles. The topological polar surface area (TPSA) is 209 Å². The van der Waals surface area contributed by atoms with Gasteiger partial charge in [0, 0.05) is 0 Å². The van der Waals surface area contributed by atoms with E-state index in [-0.39, 0.29) is 17.0 Å². The van der Waals surface area contributed by atoms with E-state index in [4.69, 9.17) is 15.2 Å². The third-order valence-electron chi connectivity index (χ3n) is 6.36. The van der Waals surface area contributed by atoms with Crippen molar-refractivity contribution in [2.45, 2.75) is 47.4 Å². The van der Waals surface area contributed by atoms with Crippen LogP contribution in [0.25, 0.3) is 11.2 Å². The second-order valence-electron chi connectivity index (χ2n) is 7.69. The van der Waals surface area contributed by atoms with Crippen molar-refractivity contribution in [2.75, 3.05) is 18.9 Å². The van der Waals surface area contributed by atoms with E-state index in [2.05, 4.69) is 15.0 Å². The van der Waals surface area contributed by atoms with Crippen molar-refractivity contribution in [3.8, 4) is 0 Å². The minimum Gasteiger partial charge on any atom is -0.394 e. The fourth-order valence-corrected chi connectivity index (χ4v) is 4.80. The Hall–Kier alpha value is -2.23. The lowest BCUT2D eigenvalue weighted by Gasteiger charge is -2.55. The van der Waals surface area contributed by atoms with E-state index in [9.17, 15) is 30.6 Å². The Kier molecular flexibility index (Phi) is 4.04. The van der Waals surface area contributed by atoms with Crippen LogP contribution >= 0.6 is 0 Å². The molecule has 0 amide bonds. The molecule has 0 bridgehead atoms. The first-order valence-corrected chi connectivity index (χ1v) is 9.25. The number of imidazole rings is 1. The summed E-state index contributed by atoms with van der Waals surface area (Å²) in [5.41, 5.74) is -0.0861. The molecular formula is C17H21N5O8. The van der Waals surface area contributed by atoms with Gasteiger partial charge in [0.05, 0.1) is 19.5 Å². The van der Waals surface area contributed by atoms with Crippen LogP contribution in [0.5, 0.6) is 0 Å². The summed E-state index contributed by atoms with van der Waals surface area (Å²) in [6.45, 7) is -1.29. The number of fused-ring (bicyclic) bond motifs is 2. The second-order valence-corrected chi connectivity index (χ2v) is 7.69. The highest BCUT2D eigenvalue weighted by Gasteiger charge is 2.81. The van der Waals surface area contributed by atoms with Crippen LogP contribution in [0, 0.1) is 0 Å². The molecule has 2 fully saturated rings. The summed E-state index contributed by atoms with van der Waals surface area (Å²) < 4.78 is 13.1. The van der Waals surface area contributed by atoms with Crippen molar-refractivity contribution >= 4 is 17.0 Å². The number of nitrogen functional groups attached to an aromatic ring is 1. The van der Waals surface area contributed by atoms with Crippen LogP contribution in [0.4, 0.5) is 5.82 Å². The summed E-state index contributed by atoms with van der Waals surface area (Å²) in [5, 5.41) is 63.0. The molecule has 13 nitrogen and oxygen atoms in total. The van der Waals surface area contributed by atoms with Gasteiger partial charge in [0.25, 0.3) is 0 Å². The summed E-state index contributed by atoms with van der Waals surface area (Å²) in [6.07, 6.45) is -2.43. The van der Waals surface area contributed by atoms with E-state index in [1.165, 1.54) is 23.0 Å². The average Bonchev–Trinajstić information content (AvgIpc) is 3.32. The fraction of sp³-hybridized carbons (Fsp3) is 0.588. The number of ether oxygens (including phenoxy) is 2. The first-order valence-electron chi connectivity index (χ1n) is 9.25. The zero-order valence-electron chi connectivity index (χ0n) is 15.5. The van der Waals surface area contributed by atoms with Crippen molar-refractivity contribution in [3.63, 3.8) is 0 Å². The summed E-state index contributed by atoms with van der Waals surface area (Å²) >= 11 is 0. The zero-order valence-corrected chi connectivity index (χ0v) is 15.5. The number of anilines is 1. The second kappa shape index (κ2) is 6.15. The van der Waals surface area contributed by atoms with Gasteiger partial charge in [-0.3, -0.25) is 4.57 Å². The van der Waals surface area contributed by atoms with Crippen molar-refractivity contribution in [3.05, 3.63) is 24.8 Å². The molecule has 0 aromatic carbocycles. The molecular weight excluding hydrogens is 402 g/mol. The molecule has 0 spiro atoms. The zero-order chi connectivity index (χ0) is 21.5. The molecule has 4 heterocycles. The smallest absolute Gasteiger partial charge is 0.213 e. The average molecular weight is 423 g/mol. The number of rotatable bonds is 4. The van der Waals surface area contributed by atoms with Gasteiger partial charge in [0.15, 0.2) is 17.1 Å². The Labute approximate surface area is 168 Å². The Morgan fingerprint density at radius 3 is 2.33 bits per heavy atom. The number of aliphatic hydroxyl groups excluding tert-OH is 5. The molecule has 5 rings (SSSR count). The molecule has 2 saturated heterocycles. The van der Waals surface area contributed by atoms with Gasteiger partial charge in [-0.05, 0) is 12.2 Å². The minimum atomic E-state index is -2.14. The molecule has 0 radical (unpaired) electrons. The third-order valence-corrected chi connectivity index (χ3v) is 6.36. The summed E-state index contributed by atoms with van der Waals surface area (Å²) in [7, 11) is 0. The van der Waals surface area contributed by atoms with Crippen molar-refractivity contribution in [1.82, 2.24) is 19.5 Å². The van der Waals surface area contributed by atoms with E-state index in [0.29, 0.717) is 0 Å². The van der Waals surface area contributed by atoms with Gasteiger partial charge >= 0.3 is 0 Å². The molecule has 13 heteroatoms. The molecule has 0 saturated carbocycles. The van der Waals surface area contributed by atoms with Crippen LogP contribution in [-0.4, -0.2) is 105 Å². The van der Waals surface area contributed by atoms with Crippen LogP contribution in [-0.2, 0) is 15.2 Å². The standard InChI is InChI=1S/C17H21N5O8/c18-13-9-14(20-5-19-13)22(6-21-9)17(12(27)10(25)7(3-23)30-17)16-2-1-15(16,28)11(26)8(4-24)29-16/h1-2,5-8,10-12,23-28H,3-4H2,(H2,18,19,20)/t7-,8-,10-,11-,12-,15-,16?,17+/m1/s1. The van der Waals surface area contributed by atoms with Gasteiger partial charge in [-0.1, -0.05) is 0 Å². The lowest BCUT2D eigenvalue weighted by molar-refractivity contribution is -0.288. The number of aromatic nitrogens is 4. The Balaban J connectivity index is 1.80. The molecule has 8 atom stereocenters. The van der Waals surface area contributed by atoms with Gasteiger partial charge < -0.3 is 45.8 Å². The van der Waals surface area contributed by atoms with E-state index < -0.39 is 60.7 Å². The summed E-state index contributed by atoms with van der Waals surface area (Å²) in [5.74, 6) is 0.0400. The number of aliphatic hydroxyl groups is 6. The van der Waals surface area contributed by atoms with Gasteiger partial charge in [-0.2, -0.15) is 0 Å². The first-order chi connectivity index (χ1) is 14.3. The maximum absolute atomic E-state index is 11.3. The highest BCUT2D eigenvalue weighted by molar-refractivity contribution is 5.81. The number of nitrogens with two attached hydrogens (primary N) is 1. The van der Waals surface area contributed by atoms with Gasteiger partial charge in [0.2, 0.25) is 5.72 Å². The maximum atomic E-state index is 11.3. The van der Waals surface area contributed by atoms with E-state index in [1.54, 1.807) is 0 Å². The van der Waals surface area contributed by atoms with Gasteiger partial charge in [0.1, 0.15) is 48.0 Å². The van der Waals surface area contributed by atoms with Crippen molar-refractivity contribution in [2.24, 2.45) is 0 Å². The molecule has 3 aliphatic rings. The van der Waals surface area contributed by atoms with Gasteiger partial charge in [-0.25, -0.2) is 15.0 Å². The van der Waals surface area contributed by atoms with Crippen LogP contribution in [0.2, 0.25) is 0 Å². The lowest BCUT2D eigenvalue weighted by atomic mass is 9.63. The molecule has 2 aromatic heterocycles. The molecule has 1 unspecified atom stereocenters.